The molecule has 0 aliphatic heterocycles. The van der Waals surface area contributed by atoms with Gasteiger partial charge in [0, 0.05) is 23.5 Å². The Bertz CT molecular complexity index is 890. The first kappa shape index (κ1) is 20.2. The molecule has 2 aromatic carbocycles. The van der Waals surface area contributed by atoms with Gasteiger partial charge in [-0.15, -0.1) is 11.3 Å². The standard InChI is InChI=1S/C23H27N3OS/c1-3-7-18-10-12-19(13-11-18)17(2)26(15-22(24)27)14-21-16-28-23(25-21)20-8-5-4-6-9-20/h4-6,8-13,16-17H,3,7,14-15H2,1-2H3,(H2,24,27). The van der Waals surface area contributed by atoms with Gasteiger partial charge >= 0.3 is 0 Å². The lowest BCUT2D eigenvalue weighted by molar-refractivity contribution is -0.119. The zero-order valence-electron chi connectivity index (χ0n) is 16.5. The molecule has 1 aromatic heterocycles. The molecule has 146 valence electrons. The molecule has 1 atom stereocenters. The van der Waals surface area contributed by atoms with Gasteiger partial charge < -0.3 is 5.73 Å². The molecule has 0 spiro atoms. The van der Waals surface area contributed by atoms with Crippen LogP contribution in [-0.4, -0.2) is 22.3 Å². The van der Waals surface area contributed by atoms with Crippen molar-refractivity contribution in [1.29, 1.82) is 0 Å². The van der Waals surface area contributed by atoms with Gasteiger partial charge in [0.15, 0.2) is 0 Å². The fourth-order valence-corrected chi connectivity index (χ4v) is 4.11. The van der Waals surface area contributed by atoms with E-state index in [9.17, 15) is 4.79 Å². The van der Waals surface area contributed by atoms with E-state index < -0.39 is 0 Å². The van der Waals surface area contributed by atoms with Crippen LogP contribution in [0.3, 0.4) is 0 Å². The molecular formula is C23H27N3OS. The highest BCUT2D eigenvalue weighted by molar-refractivity contribution is 7.13. The van der Waals surface area contributed by atoms with Gasteiger partial charge in [0.25, 0.3) is 0 Å². The lowest BCUT2D eigenvalue weighted by Crippen LogP contribution is -2.35. The number of nitrogens with two attached hydrogens (primary N) is 1. The minimum Gasteiger partial charge on any atom is -0.369 e. The van der Waals surface area contributed by atoms with Crippen molar-refractivity contribution in [2.45, 2.75) is 39.3 Å². The molecule has 1 amide bonds. The van der Waals surface area contributed by atoms with E-state index in [1.807, 2.05) is 18.2 Å². The lowest BCUT2D eigenvalue weighted by Gasteiger charge is -2.27. The number of carbonyl (C=O) groups is 1. The maximum Gasteiger partial charge on any atom is 0.231 e. The molecule has 0 radical (unpaired) electrons. The fourth-order valence-electron chi connectivity index (χ4n) is 3.29. The van der Waals surface area contributed by atoms with Crippen molar-refractivity contribution < 1.29 is 4.79 Å². The van der Waals surface area contributed by atoms with Gasteiger partial charge in [-0.05, 0) is 24.5 Å². The van der Waals surface area contributed by atoms with E-state index in [1.165, 1.54) is 11.1 Å². The Hall–Kier alpha value is -2.50. The summed E-state index contributed by atoms with van der Waals surface area (Å²) in [6.45, 7) is 5.09. The highest BCUT2D eigenvalue weighted by Crippen LogP contribution is 2.27. The Morgan fingerprint density at radius 3 is 2.50 bits per heavy atom. The number of aromatic nitrogens is 1. The second-order valence-corrected chi connectivity index (χ2v) is 7.91. The van der Waals surface area contributed by atoms with Gasteiger partial charge in [0.2, 0.25) is 5.91 Å². The van der Waals surface area contributed by atoms with Crippen LogP contribution in [0.15, 0.2) is 60.0 Å². The van der Waals surface area contributed by atoms with Crippen LogP contribution in [0.2, 0.25) is 0 Å². The summed E-state index contributed by atoms with van der Waals surface area (Å²) in [5, 5.41) is 3.05. The van der Waals surface area contributed by atoms with E-state index >= 15 is 0 Å². The Labute approximate surface area is 171 Å². The van der Waals surface area contributed by atoms with Crippen molar-refractivity contribution in [1.82, 2.24) is 9.88 Å². The molecule has 28 heavy (non-hydrogen) atoms. The number of benzene rings is 2. The van der Waals surface area contributed by atoms with Crippen molar-refractivity contribution in [2.24, 2.45) is 5.73 Å². The number of aryl methyl sites for hydroxylation is 1. The number of amides is 1. The van der Waals surface area contributed by atoms with Crippen LogP contribution in [0, 0.1) is 0 Å². The lowest BCUT2D eigenvalue weighted by atomic mass is 10.0. The molecular weight excluding hydrogens is 366 g/mol. The van der Waals surface area contributed by atoms with E-state index in [2.05, 4.69) is 60.5 Å². The van der Waals surface area contributed by atoms with Gasteiger partial charge in [-0.2, -0.15) is 0 Å². The Balaban J connectivity index is 1.76. The topological polar surface area (TPSA) is 59.2 Å². The summed E-state index contributed by atoms with van der Waals surface area (Å²) in [4.78, 5) is 18.5. The maximum absolute atomic E-state index is 11.7. The summed E-state index contributed by atoms with van der Waals surface area (Å²) in [5.41, 5.74) is 10.1. The number of thiazole rings is 1. The first-order valence-electron chi connectivity index (χ1n) is 9.68. The zero-order chi connectivity index (χ0) is 19.9. The summed E-state index contributed by atoms with van der Waals surface area (Å²) < 4.78 is 0. The summed E-state index contributed by atoms with van der Waals surface area (Å²) in [6.07, 6.45) is 2.22. The predicted molar refractivity (Wildman–Crippen MR) is 116 cm³/mol. The van der Waals surface area contributed by atoms with Crippen LogP contribution < -0.4 is 5.73 Å². The second kappa shape index (κ2) is 9.62. The summed E-state index contributed by atoms with van der Waals surface area (Å²) in [6, 6.07) is 18.9. The molecule has 0 aliphatic rings. The van der Waals surface area contributed by atoms with Crippen molar-refractivity contribution in [3.8, 4) is 10.6 Å². The third kappa shape index (κ3) is 5.27. The van der Waals surface area contributed by atoms with Crippen molar-refractivity contribution in [3.05, 3.63) is 76.8 Å². The average molecular weight is 394 g/mol. The SMILES string of the molecule is CCCc1ccc(C(C)N(CC(N)=O)Cc2csc(-c3ccccc3)n2)cc1. The van der Waals surface area contributed by atoms with Crippen molar-refractivity contribution in [3.63, 3.8) is 0 Å². The monoisotopic (exact) mass is 393 g/mol. The Kier molecular flexibility index (Phi) is 6.95. The van der Waals surface area contributed by atoms with Crippen LogP contribution >= 0.6 is 11.3 Å². The molecule has 3 rings (SSSR count). The predicted octanol–water partition coefficient (Wildman–Crippen LogP) is 4.81. The van der Waals surface area contributed by atoms with E-state index in [0.29, 0.717) is 6.54 Å². The second-order valence-electron chi connectivity index (χ2n) is 7.05. The zero-order valence-corrected chi connectivity index (χ0v) is 17.3. The largest absolute Gasteiger partial charge is 0.369 e. The molecule has 0 fully saturated rings. The number of hydrogen-bond donors (Lipinski definition) is 1. The summed E-state index contributed by atoms with van der Waals surface area (Å²) >= 11 is 1.62. The highest BCUT2D eigenvalue weighted by Gasteiger charge is 2.19. The first-order chi connectivity index (χ1) is 13.6. The van der Waals surface area contributed by atoms with Gasteiger partial charge in [0.05, 0.1) is 12.2 Å². The van der Waals surface area contributed by atoms with Crippen LogP contribution in [0.25, 0.3) is 10.6 Å². The molecule has 0 aliphatic carbocycles. The Morgan fingerprint density at radius 1 is 1.14 bits per heavy atom. The maximum atomic E-state index is 11.7. The van der Waals surface area contributed by atoms with Gasteiger partial charge in [-0.25, -0.2) is 4.98 Å². The van der Waals surface area contributed by atoms with Crippen molar-refractivity contribution >= 4 is 17.2 Å². The normalized spacial score (nSPS) is 12.2. The molecule has 0 saturated heterocycles. The summed E-state index contributed by atoms with van der Waals surface area (Å²) in [7, 11) is 0. The van der Waals surface area contributed by atoms with E-state index in [0.717, 1.165) is 29.1 Å². The summed E-state index contributed by atoms with van der Waals surface area (Å²) in [5.74, 6) is -0.326. The van der Waals surface area contributed by atoms with Crippen LogP contribution in [-0.2, 0) is 17.8 Å². The number of primary amides is 1. The first-order valence-corrected chi connectivity index (χ1v) is 10.6. The quantitative estimate of drug-likeness (QED) is 0.567. The molecule has 5 heteroatoms. The molecule has 0 bridgehead atoms. The Morgan fingerprint density at radius 2 is 1.86 bits per heavy atom. The molecule has 0 saturated carbocycles. The van der Waals surface area contributed by atoms with Gasteiger partial charge in [0.1, 0.15) is 5.01 Å². The minimum atomic E-state index is -0.326. The molecule has 2 N–H and O–H groups in total. The number of carbonyl (C=O) groups excluding carboxylic acids is 1. The number of rotatable bonds is 9. The number of hydrogen-bond acceptors (Lipinski definition) is 4. The molecule has 4 nitrogen and oxygen atoms in total. The van der Waals surface area contributed by atoms with Crippen LogP contribution in [0.5, 0.6) is 0 Å². The molecule has 1 unspecified atom stereocenters. The van der Waals surface area contributed by atoms with Crippen LogP contribution in [0.1, 0.15) is 43.1 Å². The molecule has 3 aromatic rings. The van der Waals surface area contributed by atoms with Crippen LogP contribution in [0.4, 0.5) is 0 Å². The van der Waals surface area contributed by atoms with Gasteiger partial charge in [-0.1, -0.05) is 67.9 Å². The highest BCUT2D eigenvalue weighted by atomic mass is 32.1. The smallest absolute Gasteiger partial charge is 0.231 e. The van der Waals surface area contributed by atoms with E-state index in [4.69, 9.17) is 10.7 Å². The third-order valence-electron chi connectivity index (χ3n) is 4.85. The van der Waals surface area contributed by atoms with E-state index in [1.54, 1.807) is 11.3 Å². The third-order valence-corrected chi connectivity index (χ3v) is 5.79. The fraction of sp³-hybridized carbons (Fsp3) is 0.304. The van der Waals surface area contributed by atoms with E-state index in [-0.39, 0.29) is 18.5 Å². The average Bonchev–Trinajstić information content (AvgIpc) is 3.17. The minimum absolute atomic E-state index is 0.0741. The number of nitrogens with zero attached hydrogens (tertiary/aromatic N) is 2. The molecule has 1 heterocycles. The van der Waals surface area contributed by atoms with Gasteiger partial charge in [-0.3, -0.25) is 9.69 Å². The van der Waals surface area contributed by atoms with Crippen molar-refractivity contribution in [2.75, 3.05) is 6.54 Å².